The van der Waals surface area contributed by atoms with Gasteiger partial charge in [-0.2, -0.15) is 0 Å². The summed E-state index contributed by atoms with van der Waals surface area (Å²) in [5.41, 5.74) is 0. The van der Waals surface area contributed by atoms with Crippen molar-refractivity contribution in [3.05, 3.63) is 24.2 Å². The highest BCUT2D eigenvalue weighted by molar-refractivity contribution is 5.97. The molecular weight excluding hydrogens is 178 g/mol. The van der Waals surface area contributed by atoms with E-state index in [0.29, 0.717) is 5.76 Å². The van der Waals surface area contributed by atoms with Crippen LogP contribution in [-0.2, 0) is 0 Å². The van der Waals surface area contributed by atoms with Crippen molar-refractivity contribution in [2.45, 2.75) is 31.7 Å². The second-order valence-electron chi connectivity index (χ2n) is 3.70. The lowest BCUT2D eigenvalue weighted by Gasteiger charge is -2.12. The predicted octanol–water partition coefficient (Wildman–Crippen LogP) is 1.99. The molecule has 1 saturated heterocycles. The van der Waals surface area contributed by atoms with E-state index in [4.69, 9.17) is 4.42 Å². The molecule has 0 amide bonds. The van der Waals surface area contributed by atoms with Gasteiger partial charge in [-0.3, -0.25) is 4.79 Å². The average Bonchev–Trinajstić information content (AvgIpc) is 2.59. The molecule has 1 atom stereocenters. The normalized spacial score (nSPS) is 23.0. The first-order valence-corrected chi connectivity index (χ1v) is 5.19. The number of furan rings is 1. The van der Waals surface area contributed by atoms with Gasteiger partial charge in [0.1, 0.15) is 0 Å². The minimum absolute atomic E-state index is 0.0383. The summed E-state index contributed by atoms with van der Waals surface area (Å²) in [5.74, 6) is 0.571. The molecule has 0 spiro atoms. The maximum absolute atomic E-state index is 11.9. The van der Waals surface area contributed by atoms with Crippen LogP contribution in [0.2, 0.25) is 0 Å². The highest BCUT2D eigenvalue weighted by Gasteiger charge is 2.22. The van der Waals surface area contributed by atoms with Crippen LogP contribution in [0.1, 0.15) is 36.2 Å². The van der Waals surface area contributed by atoms with Crippen LogP contribution in [0.5, 0.6) is 0 Å². The van der Waals surface area contributed by atoms with E-state index in [-0.39, 0.29) is 11.8 Å². The van der Waals surface area contributed by atoms with Crippen LogP contribution < -0.4 is 5.32 Å². The van der Waals surface area contributed by atoms with E-state index >= 15 is 0 Å². The number of Topliss-reactive ketones (excluding diaryl/α,β-unsaturated/α-hetero) is 1. The van der Waals surface area contributed by atoms with Gasteiger partial charge in [-0.05, 0) is 31.5 Å². The summed E-state index contributed by atoms with van der Waals surface area (Å²) in [6, 6.07) is 3.45. The minimum Gasteiger partial charge on any atom is -0.461 e. The fourth-order valence-electron chi connectivity index (χ4n) is 1.84. The van der Waals surface area contributed by atoms with Crippen molar-refractivity contribution in [3.8, 4) is 0 Å². The number of rotatable bonds is 2. The molecule has 1 unspecified atom stereocenters. The van der Waals surface area contributed by atoms with E-state index in [1.807, 2.05) is 0 Å². The molecule has 0 aliphatic carbocycles. The third-order valence-corrected chi connectivity index (χ3v) is 2.64. The number of carbonyl (C=O) groups excluding carboxylic acids is 1. The summed E-state index contributed by atoms with van der Waals surface area (Å²) in [4.78, 5) is 11.9. The van der Waals surface area contributed by atoms with E-state index < -0.39 is 0 Å². The molecule has 1 fully saturated rings. The molecule has 2 heterocycles. The minimum atomic E-state index is -0.0383. The zero-order chi connectivity index (χ0) is 9.80. The molecule has 14 heavy (non-hydrogen) atoms. The van der Waals surface area contributed by atoms with Crippen LogP contribution in [0.15, 0.2) is 22.8 Å². The summed E-state index contributed by atoms with van der Waals surface area (Å²) >= 11 is 0. The lowest BCUT2D eigenvalue weighted by Crippen LogP contribution is -2.35. The smallest absolute Gasteiger partial charge is 0.214 e. The van der Waals surface area contributed by atoms with Gasteiger partial charge in [-0.1, -0.05) is 12.8 Å². The molecule has 2 rings (SSSR count). The molecular formula is C11H15NO2. The Labute approximate surface area is 83.5 Å². The second kappa shape index (κ2) is 4.42. The van der Waals surface area contributed by atoms with Crippen molar-refractivity contribution in [1.29, 1.82) is 0 Å². The highest BCUT2D eigenvalue weighted by Crippen LogP contribution is 2.13. The molecule has 3 nitrogen and oxygen atoms in total. The number of hydrogen-bond acceptors (Lipinski definition) is 3. The van der Waals surface area contributed by atoms with Crippen molar-refractivity contribution in [2.75, 3.05) is 6.54 Å². The summed E-state index contributed by atoms with van der Waals surface area (Å²) in [7, 11) is 0. The van der Waals surface area contributed by atoms with E-state index in [1.165, 1.54) is 12.8 Å². The topological polar surface area (TPSA) is 42.2 Å². The lowest BCUT2D eigenvalue weighted by molar-refractivity contribution is 0.0913. The van der Waals surface area contributed by atoms with E-state index in [9.17, 15) is 4.79 Å². The largest absolute Gasteiger partial charge is 0.461 e. The molecule has 1 aliphatic rings. The lowest BCUT2D eigenvalue weighted by atomic mass is 10.1. The maximum atomic E-state index is 11.9. The second-order valence-corrected chi connectivity index (χ2v) is 3.70. The summed E-state index contributed by atoms with van der Waals surface area (Å²) in [6.45, 7) is 0.942. The van der Waals surface area contributed by atoms with Gasteiger partial charge in [0.05, 0.1) is 12.3 Å². The van der Waals surface area contributed by atoms with Crippen molar-refractivity contribution in [1.82, 2.24) is 5.32 Å². The van der Waals surface area contributed by atoms with Crippen molar-refractivity contribution in [2.24, 2.45) is 0 Å². The van der Waals surface area contributed by atoms with Gasteiger partial charge in [0.25, 0.3) is 0 Å². The van der Waals surface area contributed by atoms with Crippen LogP contribution in [-0.4, -0.2) is 18.4 Å². The summed E-state index contributed by atoms with van der Waals surface area (Å²) < 4.78 is 5.10. The fraction of sp³-hybridized carbons (Fsp3) is 0.545. The Kier molecular flexibility index (Phi) is 2.99. The van der Waals surface area contributed by atoms with Gasteiger partial charge >= 0.3 is 0 Å². The van der Waals surface area contributed by atoms with Gasteiger partial charge in [0.15, 0.2) is 5.76 Å². The van der Waals surface area contributed by atoms with Gasteiger partial charge in [-0.15, -0.1) is 0 Å². The zero-order valence-corrected chi connectivity index (χ0v) is 8.16. The van der Waals surface area contributed by atoms with Crippen LogP contribution >= 0.6 is 0 Å². The van der Waals surface area contributed by atoms with Crippen LogP contribution in [0.25, 0.3) is 0 Å². The molecule has 0 bridgehead atoms. The molecule has 1 aliphatic heterocycles. The van der Waals surface area contributed by atoms with Crippen molar-refractivity contribution in [3.63, 3.8) is 0 Å². The first-order chi connectivity index (χ1) is 6.88. The fourth-order valence-corrected chi connectivity index (χ4v) is 1.84. The average molecular weight is 193 g/mol. The Morgan fingerprint density at radius 1 is 1.43 bits per heavy atom. The summed E-state index contributed by atoms with van der Waals surface area (Å²) in [5, 5.41) is 3.26. The molecule has 1 N–H and O–H groups in total. The molecule has 3 heteroatoms. The van der Waals surface area contributed by atoms with Crippen LogP contribution in [0.4, 0.5) is 0 Å². The first-order valence-electron chi connectivity index (χ1n) is 5.19. The summed E-state index contributed by atoms with van der Waals surface area (Å²) in [6.07, 6.45) is 5.99. The van der Waals surface area contributed by atoms with Crippen molar-refractivity contribution < 1.29 is 9.21 Å². The Morgan fingerprint density at radius 3 is 3.14 bits per heavy atom. The Morgan fingerprint density at radius 2 is 2.36 bits per heavy atom. The van der Waals surface area contributed by atoms with Crippen LogP contribution in [0.3, 0.4) is 0 Å². The third kappa shape index (κ3) is 2.04. The van der Waals surface area contributed by atoms with Crippen molar-refractivity contribution >= 4 is 5.78 Å². The Balaban J connectivity index is 2.03. The maximum Gasteiger partial charge on any atom is 0.214 e. The molecule has 0 radical (unpaired) electrons. The van der Waals surface area contributed by atoms with E-state index in [1.54, 1.807) is 18.4 Å². The quantitative estimate of drug-likeness (QED) is 0.730. The first kappa shape index (κ1) is 9.46. The number of ketones is 1. The number of carbonyl (C=O) groups is 1. The molecule has 0 aromatic carbocycles. The molecule has 0 saturated carbocycles. The predicted molar refractivity (Wildman–Crippen MR) is 53.3 cm³/mol. The number of nitrogens with one attached hydrogen (secondary N) is 1. The van der Waals surface area contributed by atoms with Gasteiger partial charge < -0.3 is 9.73 Å². The Bertz CT molecular complexity index is 284. The van der Waals surface area contributed by atoms with E-state index in [2.05, 4.69) is 5.32 Å². The van der Waals surface area contributed by atoms with Gasteiger partial charge in [0.2, 0.25) is 5.78 Å². The SMILES string of the molecule is O=C(c1ccco1)C1CCCCCN1. The zero-order valence-electron chi connectivity index (χ0n) is 8.16. The highest BCUT2D eigenvalue weighted by atomic mass is 16.3. The van der Waals surface area contributed by atoms with Gasteiger partial charge in [0, 0.05) is 0 Å². The number of hydrogen-bond donors (Lipinski definition) is 1. The van der Waals surface area contributed by atoms with Crippen LogP contribution in [0, 0.1) is 0 Å². The molecule has 1 aromatic rings. The van der Waals surface area contributed by atoms with Gasteiger partial charge in [-0.25, -0.2) is 0 Å². The molecule has 76 valence electrons. The van der Waals surface area contributed by atoms with E-state index in [0.717, 1.165) is 19.4 Å². The Hall–Kier alpha value is -1.09. The third-order valence-electron chi connectivity index (χ3n) is 2.64. The molecule has 1 aromatic heterocycles. The monoisotopic (exact) mass is 193 g/mol. The standard InChI is InChI=1S/C11H15NO2/c13-11(10-6-4-8-14-10)9-5-2-1-3-7-12-9/h4,6,8-9,12H,1-3,5,7H2.